The second-order valence-electron chi connectivity index (χ2n) is 7.17. The first-order valence-corrected chi connectivity index (χ1v) is 9.60. The van der Waals surface area contributed by atoms with Gasteiger partial charge in [0.1, 0.15) is 23.3 Å². The molecule has 0 bridgehead atoms. The zero-order valence-electron chi connectivity index (χ0n) is 16.5. The molecule has 1 saturated heterocycles. The third-order valence-electron chi connectivity index (χ3n) is 5.30. The number of pyridine rings is 1. The van der Waals surface area contributed by atoms with Crippen LogP contribution in [0.3, 0.4) is 0 Å². The van der Waals surface area contributed by atoms with Gasteiger partial charge in [0.2, 0.25) is 0 Å². The summed E-state index contributed by atoms with van der Waals surface area (Å²) in [7, 11) is 1.38. The zero-order valence-corrected chi connectivity index (χ0v) is 16.5. The molecule has 3 aromatic rings. The van der Waals surface area contributed by atoms with Gasteiger partial charge in [0.15, 0.2) is 0 Å². The minimum atomic E-state index is -0.735. The fourth-order valence-corrected chi connectivity index (χ4v) is 3.59. The number of aromatic nitrogens is 3. The average molecular weight is 413 g/mol. The molecule has 1 aliphatic heterocycles. The van der Waals surface area contributed by atoms with Crippen LogP contribution in [0, 0.1) is 11.6 Å². The van der Waals surface area contributed by atoms with Crippen molar-refractivity contribution in [3.05, 3.63) is 86.7 Å². The molecule has 1 aromatic carbocycles. The molecule has 1 fully saturated rings. The Hall–Kier alpha value is -3.49. The highest BCUT2D eigenvalue weighted by Crippen LogP contribution is 2.19. The van der Waals surface area contributed by atoms with Gasteiger partial charge in [0.25, 0.3) is 5.56 Å². The van der Waals surface area contributed by atoms with Crippen LogP contribution >= 0.6 is 0 Å². The summed E-state index contributed by atoms with van der Waals surface area (Å²) in [5.41, 5.74) is -0.808. The summed E-state index contributed by atoms with van der Waals surface area (Å²) in [6.45, 7) is 2.34. The van der Waals surface area contributed by atoms with E-state index in [0.717, 1.165) is 22.5 Å². The van der Waals surface area contributed by atoms with Gasteiger partial charge in [-0.25, -0.2) is 18.6 Å². The van der Waals surface area contributed by atoms with Crippen molar-refractivity contribution in [3.8, 4) is 0 Å². The lowest BCUT2D eigenvalue weighted by molar-refractivity contribution is 0.551. The van der Waals surface area contributed by atoms with Crippen molar-refractivity contribution < 1.29 is 8.78 Å². The third-order valence-corrected chi connectivity index (χ3v) is 5.30. The standard InChI is InChI=1S/C21H21F2N5O2/c1-25-20(29)13-19(27-10-8-26(9-11-27)18-4-2-3-7-24-18)28(21(25)30)14-15-5-6-16(22)12-17(15)23/h2-7,12-13H,8-11,14H2,1H3. The Balaban J connectivity index is 1.65. The molecule has 3 heterocycles. The lowest BCUT2D eigenvalue weighted by Crippen LogP contribution is -2.50. The van der Waals surface area contributed by atoms with Gasteiger partial charge in [-0.15, -0.1) is 0 Å². The van der Waals surface area contributed by atoms with Crippen molar-refractivity contribution in [3.63, 3.8) is 0 Å². The van der Waals surface area contributed by atoms with Crippen molar-refractivity contribution in [2.75, 3.05) is 36.0 Å². The van der Waals surface area contributed by atoms with E-state index in [1.54, 1.807) is 6.20 Å². The molecule has 0 radical (unpaired) electrons. The van der Waals surface area contributed by atoms with Crippen LogP contribution in [0.4, 0.5) is 20.4 Å². The molecule has 0 saturated carbocycles. The average Bonchev–Trinajstić information content (AvgIpc) is 2.76. The van der Waals surface area contributed by atoms with Gasteiger partial charge in [0.05, 0.1) is 6.54 Å². The summed E-state index contributed by atoms with van der Waals surface area (Å²) in [5.74, 6) is -0.129. The maximum atomic E-state index is 14.2. The minimum Gasteiger partial charge on any atom is -0.354 e. The Labute approximate surface area is 171 Å². The van der Waals surface area contributed by atoms with Crippen molar-refractivity contribution in [2.24, 2.45) is 7.05 Å². The van der Waals surface area contributed by atoms with E-state index in [1.165, 1.54) is 23.7 Å². The van der Waals surface area contributed by atoms with Crippen molar-refractivity contribution in [2.45, 2.75) is 6.54 Å². The predicted octanol–water partition coefficient (Wildman–Crippen LogP) is 1.60. The summed E-state index contributed by atoms with van der Waals surface area (Å²) in [4.78, 5) is 33.5. The molecule has 156 valence electrons. The van der Waals surface area contributed by atoms with Crippen LogP contribution in [0.1, 0.15) is 5.56 Å². The van der Waals surface area contributed by atoms with Gasteiger partial charge < -0.3 is 9.80 Å². The first-order valence-electron chi connectivity index (χ1n) is 9.60. The third kappa shape index (κ3) is 3.83. The fourth-order valence-electron chi connectivity index (χ4n) is 3.59. The molecule has 0 spiro atoms. The number of nitrogens with zero attached hydrogens (tertiary/aromatic N) is 5. The lowest BCUT2D eigenvalue weighted by atomic mass is 10.2. The van der Waals surface area contributed by atoms with E-state index in [9.17, 15) is 18.4 Å². The second-order valence-corrected chi connectivity index (χ2v) is 7.17. The zero-order chi connectivity index (χ0) is 21.3. The quantitative estimate of drug-likeness (QED) is 0.650. The van der Waals surface area contributed by atoms with Crippen LogP contribution < -0.4 is 21.0 Å². The molecule has 7 nitrogen and oxygen atoms in total. The van der Waals surface area contributed by atoms with Crippen LogP contribution in [-0.4, -0.2) is 40.3 Å². The van der Waals surface area contributed by atoms with Crippen LogP contribution in [-0.2, 0) is 13.6 Å². The van der Waals surface area contributed by atoms with Crippen LogP contribution in [0.15, 0.2) is 58.3 Å². The molecular formula is C21H21F2N5O2. The second kappa shape index (κ2) is 8.10. The lowest BCUT2D eigenvalue weighted by Gasteiger charge is -2.37. The molecule has 1 aliphatic rings. The molecule has 0 aliphatic carbocycles. The molecule has 0 amide bonds. The van der Waals surface area contributed by atoms with Crippen LogP contribution in [0.25, 0.3) is 0 Å². The van der Waals surface area contributed by atoms with E-state index in [-0.39, 0.29) is 12.1 Å². The summed E-state index contributed by atoms with van der Waals surface area (Å²) in [6, 6.07) is 10.3. The first kappa shape index (κ1) is 19.8. The van der Waals surface area contributed by atoms with Gasteiger partial charge in [-0.05, 0) is 18.2 Å². The molecule has 30 heavy (non-hydrogen) atoms. The van der Waals surface area contributed by atoms with Gasteiger partial charge in [-0.2, -0.15) is 0 Å². The van der Waals surface area contributed by atoms with E-state index < -0.39 is 22.9 Å². The first-order chi connectivity index (χ1) is 14.4. The maximum Gasteiger partial charge on any atom is 0.332 e. The number of hydrogen-bond acceptors (Lipinski definition) is 5. The molecule has 0 N–H and O–H groups in total. The molecule has 0 atom stereocenters. The number of hydrogen-bond donors (Lipinski definition) is 0. The Morgan fingerprint density at radius 2 is 1.70 bits per heavy atom. The van der Waals surface area contributed by atoms with E-state index in [1.807, 2.05) is 23.1 Å². The van der Waals surface area contributed by atoms with Gasteiger partial charge in [0, 0.05) is 57.1 Å². The summed E-state index contributed by atoms with van der Waals surface area (Å²) >= 11 is 0. The monoisotopic (exact) mass is 413 g/mol. The van der Waals surface area contributed by atoms with Gasteiger partial charge in [-0.3, -0.25) is 13.9 Å². The Kier molecular flexibility index (Phi) is 5.35. The minimum absolute atomic E-state index is 0.102. The van der Waals surface area contributed by atoms with Crippen LogP contribution in [0.2, 0.25) is 0 Å². The molecule has 0 unspecified atom stereocenters. The molecule has 2 aromatic heterocycles. The largest absolute Gasteiger partial charge is 0.354 e. The topological polar surface area (TPSA) is 63.4 Å². The highest BCUT2D eigenvalue weighted by molar-refractivity contribution is 5.45. The maximum absolute atomic E-state index is 14.2. The predicted molar refractivity (Wildman–Crippen MR) is 110 cm³/mol. The van der Waals surface area contributed by atoms with Crippen LogP contribution in [0.5, 0.6) is 0 Å². The van der Waals surface area contributed by atoms with Crippen molar-refractivity contribution in [1.82, 2.24) is 14.1 Å². The summed E-state index contributed by atoms with van der Waals surface area (Å²) in [5, 5.41) is 0. The van der Waals surface area contributed by atoms with Gasteiger partial charge in [-0.1, -0.05) is 12.1 Å². The van der Waals surface area contributed by atoms with E-state index in [2.05, 4.69) is 9.88 Å². The molecule has 9 heteroatoms. The normalized spacial score (nSPS) is 14.2. The number of benzene rings is 1. The van der Waals surface area contributed by atoms with Crippen molar-refractivity contribution >= 4 is 11.6 Å². The smallest absolute Gasteiger partial charge is 0.332 e. The number of anilines is 2. The van der Waals surface area contributed by atoms with E-state index in [0.29, 0.717) is 32.0 Å². The molecular weight excluding hydrogens is 392 g/mol. The van der Waals surface area contributed by atoms with Gasteiger partial charge >= 0.3 is 5.69 Å². The van der Waals surface area contributed by atoms with E-state index in [4.69, 9.17) is 0 Å². The summed E-state index contributed by atoms with van der Waals surface area (Å²) in [6.07, 6.45) is 1.73. The number of halogens is 2. The number of rotatable bonds is 4. The van der Waals surface area contributed by atoms with Crippen molar-refractivity contribution in [1.29, 1.82) is 0 Å². The number of piperazine rings is 1. The highest BCUT2D eigenvalue weighted by Gasteiger charge is 2.22. The Bertz CT molecular complexity index is 1170. The SMILES string of the molecule is Cn1c(=O)cc(N2CCN(c3ccccn3)CC2)n(Cc2ccc(F)cc2F)c1=O. The molecule has 4 rings (SSSR count). The van der Waals surface area contributed by atoms with E-state index >= 15 is 0 Å². The Morgan fingerprint density at radius 1 is 0.967 bits per heavy atom. The Morgan fingerprint density at radius 3 is 2.37 bits per heavy atom. The summed E-state index contributed by atoms with van der Waals surface area (Å²) < 4.78 is 29.8. The highest BCUT2D eigenvalue weighted by atomic mass is 19.1. The fraction of sp³-hybridized carbons (Fsp3) is 0.286.